The molecule has 2 aromatic rings. The Morgan fingerprint density at radius 1 is 1.28 bits per heavy atom. The van der Waals surface area contributed by atoms with Gasteiger partial charge in [0.15, 0.2) is 0 Å². The van der Waals surface area contributed by atoms with Crippen LogP contribution in [-0.4, -0.2) is 23.9 Å². The molecule has 0 amide bonds. The molecule has 90 valence electrons. The van der Waals surface area contributed by atoms with Crippen LogP contribution in [0, 0.1) is 5.82 Å². The van der Waals surface area contributed by atoms with Crippen LogP contribution in [0.3, 0.4) is 0 Å². The highest BCUT2D eigenvalue weighted by Gasteiger charge is 2.14. The molecule has 0 fully saturated rings. The maximum absolute atomic E-state index is 13.5. The van der Waals surface area contributed by atoms with Gasteiger partial charge in [0, 0.05) is 6.20 Å². The standard InChI is InChI=1S/C12H10BFN2O2/c13-7-5-15-6-10(11(7)12(17)18)16-9-4-2-1-3-8(9)14/h1-6,16H,13H2,(H,17,18). The number of pyridine rings is 1. The lowest BCUT2D eigenvalue weighted by Gasteiger charge is -2.11. The molecule has 0 atom stereocenters. The number of halogens is 1. The zero-order valence-corrected chi connectivity index (χ0v) is 9.64. The number of nitrogens with zero attached hydrogens (tertiary/aromatic N) is 1. The topological polar surface area (TPSA) is 62.2 Å². The molecule has 0 aliphatic rings. The molecule has 0 saturated carbocycles. The van der Waals surface area contributed by atoms with Gasteiger partial charge in [0.2, 0.25) is 0 Å². The van der Waals surface area contributed by atoms with E-state index >= 15 is 0 Å². The van der Waals surface area contributed by atoms with E-state index in [1.165, 1.54) is 24.5 Å². The molecular formula is C12H10BFN2O2. The van der Waals surface area contributed by atoms with E-state index in [0.29, 0.717) is 5.46 Å². The summed E-state index contributed by atoms with van der Waals surface area (Å²) in [4.78, 5) is 15.1. The van der Waals surface area contributed by atoms with Crippen molar-refractivity contribution in [1.29, 1.82) is 0 Å². The van der Waals surface area contributed by atoms with Crippen LogP contribution in [0.1, 0.15) is 10.4 Å². The average Bonchev–Trinajstić information content (AvgIpc) is 2.31. The van der Waals surface area contributed by atoms with Gasteiger partial charge in [-0.25, -0.2) is 9.18 Å². The van der Waals surface area contributed by atoms with Gasteiger partial charge in [-0.05, 0) is 12.1 Å². The Bertz CT molecular complexity index is 604. The van der Waals surface area contributed by atoms with E-state index < -0.39 is 11.8 Å². The van der Waals surface area contributed by atoms with Gasteiger partial charge in [0.1, 0.15) is 13.7 Å². The molecule has 0 radical (unpaired) electrons. The zero-order chi connectivity index (χ0) is 13.1. The van der Waals surface area contributed by atoms with E-state index in [4.69, 9.17) is 5.11 Å². The number of para-hydroxylation sites is 1. The molecule has 2 N–H and O–H groups in total. The predicted molar refractivity (Wildman–Crippen MR) is 69.1 cm³/mol. The van der Waals surface area contributed by atoms with Gasteiger partial charge in [0.25, 0.3) is 0 Å². The van der Waals surface area contributed by atoms with Gasteiger partial charge in [0.05, 0.1) is 23.1 Å². The molecule has 0 aliphatic heterocycles. The normalized spacial score (nSPS) is 10.1. The van der Waals surface area contributed by atoms with Crippen molar-refractivity contribution in [3.63, 3.8) is 0 Å². The number of benzene rings is 1. The zero-order valence-electron chi connectivity index (χ0n) is 9.64. The molecule has 4 nitrogen and oxygen atoms in total. The number of anilines is 2. The van der Waals surface area contributed by atoms with Crippen LogP contribution >= 0.6 is 0 Å². The summed E-state index contributed by atoms with van der Waals surface area (Å²) in [7, 11) is 1.64. The van der Waals surface area contributed by atoms with E-state index in [2.05, 4.69) is 10.3 Å². The fourth-order valence-electron chi connectivity index (χ4n) is 1.65. The second kappa shape index (κ2) is 4.87. The molecule has 0 bridgehead atoms. The van der Waals surface area contributed by atoms with E-state index in [0.717, 1.165) is 0 Å². The second-order valence-electron chi connectivity index (χ2n) is 3.79. The molecule has 0 aliphatic carbocycles. The lowest BCUT2D eigenvalue weighted by molar-refractivity contribution is 0.0699. The smallest absolute Gasteiger partial charge is 0.337 e. The monoisotopic (exact) mass is 244 g/mol. The average molecular weight is 244 g/mol. The quantitative estimate of drug-likeness (QED) is 0.788. The van der Waals surface area contributed by atoms with Gasteiger partial charge < -0.3 is 10.4 Å². The van der Waals surface area contributed by atoms with Crippen molar-refractivity contribution >= 4 is 30.7 Å². The first-order chi connectivity index (χ1) is 8.59. The van der Waals surface area contributed by atoms with Gasteiger partial charge in [-0.3, -0.25) is 4.98 Å². The van der Waals surface area contributed by atoms with Crippen molar-refractivity contribution < 1.29 is 14.3 Å². The molecule has 0 unspecified atom stereocenters. The lowest BCUT2D eigenvalue weighted by atomic mass is 9.92. The van der Waals surface area contributed by atoms with Crippen LogP contribution in [0.25, 0.3) is 0 Å². The Balaban J connectivity index is 2.44. The highest BCUT2D eigenvalue weighted by atomic mass is 19.1. The van der Waals surface area contributed by atoms with Gasteiger partial charge in [-0.15, -0.1) is 0 Å². The predicted octanol–water partition coefficient (Wildman–Crippen LogP) is 0.921. The number of carboxylic acid groups (broad SMARTS) is 1. The van der Waals surface area contributed by atoms with Crippen LogP contribution in [0.4, 0.5) is 15.8 Å². The molecule has 1 aromatic carbocycles. The van der Waals surface area contributed by atoms with Gasteiger partial charge in [-0.1, -0.05) is 17.6 Å². The summed E-state index contributed by atoms with van der Waals surface area (Å²) in [5.74, 6) is -1.52. The third-order valence-corrected chi connectivity index (χ3v) is 2.49. The first-order valence-electron chi connectivity index (χ1n) is 5.29. The molecule has 18 heavy (non-hydrogen) atoms. The highest BCUT2D eigenvalue weighted by molar-refractivity contribution is 6.36. The van der Waals surface area contributed by atoms with Crippen molar-refractivity contribution in [1.82, 2.24) is 4.98 Å². The van der Waals surface area contributed by atoms with Crippen LogP contribution in [-0.2, 0) is 0 Å². The summed E-state index contributed by atoms with van der Waals surface area (Å²) >= 11 is 0. The van der Waals surface area contributed by atoms with Crippen LogP contribution < -0.4 is 10.8 Å². The van der Waals surface area contributed by atoms with Crippen molar-refractivity contribution in [2.45, 2.75) is 0 Å². The fourth-order valence-corrected chi connectivity index (χ4v) is 1.65. The molecule has 6 heteroatoms. The number of carboxylic acids is 1. The maximum atomic E-state index is 13.5. The molecule has 1 aromatic heterocycles. The first-order valence-corrected chi connectivity index (χ1v) is 5.29. The fraction of sp³-hybridized carbons (Fsp3) is 0. The Hall–Kier alpha value is -2.37. The molecular weight excluding hydrogens is 234 g/mol. The van der Waals surface area contributed by atoms with E-state index in [9.17, 15) is 9.18 Å². The molecule has 0 saturated heterocycles. The Morgan fingerprint density at radius 2 is 2.00 bits per heavy atom. The summed E-state index contributed by atoms with van der Waals surface area (Å²) in [6, 6.07) is 6.05. The van der Waals surface area contributed by atoms with Crippen molar-refractivity contribution in [3.05, 3.63) is 48.0 Å². The number of hydrogen-bond acceptors (Lipinski definition) is 3. The van der Waals surface area contributed by atoms with Crippen molar-refractivity contribution in [2.24, 2.45) is 0 Å². The van der Waals surface area contributed by atoms with Crippen LogP contribution in [0.5, 0.6) is 0 Å². The van der Waals surface area contributed by atoms with Crippen LogP contribution in [0.2, 0.25) is 0 Å². The Labute approximate surface area is 104 Å². The summed E-state index contributed by atoms with van der Waals surface area (Å²) in [5, 5.41) is 11.9. The summed E-state index contributed by atoms with van der Waals surface area (Å²) in [5.41, 5.74) is 1.09. The summed E-state index contributed by atoms with van der Waals surface area (Å²) < 4.78 is 13.5. The SMILES string of the molecule is Bc1cncc(Nc2ccccc2F)c1C(=O)O. The minimum absolute atomic E-state index is 0.0910. The van der Waals surface area contributed by atoms with E-state index in [-0.39, 0.29) is 16.9 Å². The highest BCUT2D eigenvalue weighted by Crippen LogP contribution is 2.21. The number of rotatable bonds is 3. The Morgan fingerprint density at radius 3 is 2.67 bits per heavy atom. The summed E-state index contributed by atoms with van der Waals surface area (Å²) in [6.07, 6.45) is 2.82. The molecule has 0 spiro atoms. The maximum Gasteiger partial charge on any atom is 0.337 e. The first kappa shape index (κ1) is 12.1. The minimum Gasteiger partial charge on any atom is -0.478 e. The van der Waals surface area contributed by atoms with Gasteiger partial charge >= 0.3 is 5.97 Å². The number of hydrogen-bond donors (Lipinski definition) is 2. The van der Waals surface area contributed by atoms with Crippen molar-refractivity contribution in [3.8, 4) is 0 Å². The number of nitrogens with one attached hydrogen (secondary N) is 1. The van der Waals surface area contributed by atoms with E-state index in [1.54, 1.807) is 20.0 Å². The number of carbonyl (C=O) groups is 1. The second-order valence-corrected chi connectivity index (χ2v) is 3.79. The molecule has 1 heterocycles. The largest absolute Gasteiger partial charge is 0.478 e. The Kier molecular flexibility index (Phi) is 3.27. The third-order valence-electron chi connectivity index (χ3n) is 2.49. The number of aromatic nitrogens is 1. The van der Waals surface area contributed by atoms with E-state index in [1.807, 2.05) is 0 Å². The molecule has 2 rings (SSSR count). The minimum atomic E-state index is -1.08. The summed E-state index contributed by atoms with van der Waals surface area (Å²) in [6.45, 7) is 0. The lowest BCUT2D eigenvalue weighted by Crippen LogP contribution is -2.18. The van der Waals surface area contributed by atoms with Crippen LogP contribution in [0.15, 0.2) is 36.7 Å². The third kappa shape index (κ3) is 2.32. The number of aromatic carboxylic acids is 1. The van der Waals surface area contributed by atoms with Gasteiger partial charge in [-0.2, -0.15) is 0 Å². The van der Waals surface area contributed by atoms with Crippen molar-refractivity contribution in [2.75, 3.05) is 5.32 Å².